The average Bonchev–Trinajstić information content (AvgIpc) is 2.16. The molecule has 0 atom stereocenters. The van der Waals surface area contributed by atoms with E-state index in [0.29, 0.717) is 6.54 Å². The number of carbonyl (C=O) groups excluding carboxylic acids is 1. The van der Waals surface area contributed by atoms with Gasteiger partial charge in [-0.1, -0.05) is 0 Å². The van der Waals surface area contributed by atoms with Gasteiger partial charge < -0.3 is 10.4 Å². The van der Waals surface area contributed by atoms with E-state index in [4.69, 9.17) is 5.11 Å². The van der Waals surface area contributed by atoms with Gasteiger partial charge >= 0.3 is 5.97 Å². The van der Waals surface area contributed by atoms with Gasteiger partial charge in [-0.15, -0.1) is 0 Å². The molecule has 0 bridgehead atoms. The highest BCUT2D eigenvalue weighted by molar-refractivity contribution is 7.98. The first-order valence-electron chi connectivity index (χ1n) is 5.39. The summed E-state index contributed by atoms with van der Waals surface area (Å²) in [5.41, 5.74) is -0.983. The number of hydrogen-bond acceptors (Lipinski definition) is 3. The number of carboxylic acids is 1. The van der Waals surface area contributed by atoms with Gasteiger partial charge in [0.2, 0.25) is 5.91 Å². The van der Waals surface area contributed by atoms with Gasteiger partial charge in [0.05, 0.1) is 5.41 Å². The molecule has 0 rings (SSSR count). The van der Waals surface area contributed by atoms with E-state index < -0.39 is 11.4 Å². The molecule has 4 nitrogen and oxygen atoms in total. The molecule has 0 radical (unpaired) electrons. The van der Waals surface area contributed by atoms with Crippen LogP contribution in [0.15, 0.2) is 0 Å². The Labute approximate surface area is 101 Å². The Bertz CT molecular complexity index is 241. The van der Waals surface area contributed by atoms with Crippen LogP contribution in [-0.4, -0.2) is 35.5 Å². The van der Waals surface area contributed by atoms with Gasteiger partial charge in [-0.3, -0.25) is 9.59 Å². The summed E-state index contributed by atoms with van der Waals surface area (Å²) in [4.78, 5) is 22.2. The van der Waals surface area contributed by atoms with Crippen LogP contribution < -0.4 is 5.32 Å². The van der Waals surface area contributed by atoms with Crippen molar-refractivity contribution in [3.63, 3.8) is 0 Å². The number of hydrogen-bond donors (Lipinski definition) is 2. The van der Waals surface area contributed by atoms with E-state index in [0.717, 1.165) is 18.6 Å². The molecule has 0 aromatic carbocycles. The zero-order valence-corrected chi connectivity index (χ0v) is 11.0. The van der Waals surface area contributed by atoms with Crippen LogP contribution in [-0.2, 0) is 9.59 Å². The van der Waals surface area contributed by atoms with E-state index in [1.54, 1.807) is 25.6 Å². The number of rotatable bonds is 8. The second kappa shape index (κ2) is 7.54. The largest absolute Gasteiger partial charge is 0.481 e. The summed E-state index contributed by atoms with van der Waals surface area (Å²) >= 11 is 1.78. The van der Waals surface area contributed by atoms with Crippen LogP contribution in [0, 0.1) is 5.41 Å². The molecule has 0 aromatic rings. The Morgan fingerprint density at radius 3 is 2.44 bits per heavy atom. The standard InChI is InChI=1S/C11H21NO3S/c1-11(2,10(14)15)8-9(13)12-6-4-5-7-16-3/h4-8H2,1-3H3,(H,12,13)(H,14,15). The molecule has 5 heteroatoms. The lowest BCUT2D eigenvalue weighted by atomic mass is 9.89. The third-order valence-electron chi connectivity index (χ3n) is 2.28. The smallest absolute Gasteiger partial charge is 0.309 e. The molecule has 0 saturated heterocycles. The van der Waals surface area contributed by atoms with E-state index in [-0.39, 0.29) is 12.3 Å². The first kappa shape index (κ1) is 15.3. The van der Waals surface area contributed by atoms with Crippen LogP contribution in [0.25, 0.3) is 0 Å². The van der Waals surface area contributed by atoms with Gasteiger partial charge in [-0.2, -0.15) is 11.8 Å². The SMILES string of the molecule is CSCCCCNC(=O)CC(C)(C)C(=O)O. The lowest BCUT2D eigenvalue weighted by Crippen LogP contribution is -2.33. The number of carboxylic acid groups (broad SMARTS) is 1. The van der Waals surface area contributed by atoms with Crippen molar-refractivity contribution in [2.75, 3.05) is 18.6 Å². The number of amides is 1. The van der Waals surface area contributed by atoms with Crippen molar-refractivity contribution in [1.82, 2.24) is 5.32 Å². The van der Waals surface area contributed by atoms with E-state index in [1.165, 1.54) is 0 Å². The predicted molar refractivity (Wildman–Crippen MR) is 66.7 cm³/mol. The molecule has 0 fully saturated rings. The van der Waals surface area contributed by atoms with Crippen molar-refractivity contribution in [3.05, 3.63) is 0 Å². The van der Waals surface area contributed by atoms with E-state index in [1.807, 2.05) is 6.26 Å². The minimum Gasteiger partial charge on any atom is -0.481 e. The molecule has 16 heavy (non-hydrogen) atoms. The first-order chi connectivity index (χ1) is 7.40. The molecule has 0 spiro atoms. The Balaban J connectivity index is 3.71. The minimum atomic E-state index is -0.983. The zero-order chi connectivity index (χ0) is 12.6. The van der Waals surface area contributed by atoms with Crippen molar-refractivity contribution >= 4 is 23.6 Å². The van der Waals surface area contributed by atoms with Crippen LogP contribution in [0.2, 0.25) is 0 Å². The Kier molecular flexibility index (Phi) is 7.21. The van der Waals surface area contributed by atoms with Crippen molar-refractivity contribution < 1.29 is 14.7 Å². The minimum absolute atomic E-state index is 0.0326. The van der Waals surface area contributed by atoms with E-state index in [9.17, 15) is 9.59 Å². The molecule has 1 amide bonds. The summed E-state index contributed by atoms with van der Waals surface area (Å²) in [7, 11) is 0. The van der Waals surface area contributed by atoms with Gasteiger partial charge in [0.25, 0.3) is 0 Å². The second-order valence-electron chi connectivity index (χ2n) is 4.42. The van der Waals surface area contributed by atoms with Crippen molar-refractivity contribution in [2.45, 2.75) is 33.1 Å². The van der Waals surface area contributed by atoms with Gasteiger partial charge in [0.1, 0.15) is 0 Å². The third kappa shape index (κ3) is 6.71. The number of unbranched alkanes of at least 4 members (excludes halogenated alkanes) is 1. The van der Waals surface area contributed by atoms with Gasteiger partial charge in [-0.05, 0) is 38.7 Å². The fourth-order valence-electron chi connectivity index (χ4n) is 1.14. The molecule has 0 unspecified atom stereocenters. The monoisotopic (exact) mass is 247 g/mol. The van der Waals surface area contributed by atoms with Crippen LogP contribution in [0.4, 0.5) is 0 Å². The molecular weight excluding hydrogens is 226 g/mol. The number of carbonyl (C=O) groups is 2. The lowest BCUT2D eigenvalue weighted by Gasteiger charge is -2.18. The van der Waals surface area contributed by atoms with Crippen LogP contribution in [0.3, 0.4) is 0 Å². The quantitative estimate of drug-likeness (QED) is 0.641. The molecule has 0 aromatic heterocycles. The maximum atomic E-state index is 11.4. The maximum Gasteiger partial charge on any atom is 0.309 e. The summed E-state index contributed by atoms with van der Waals surface area (Å²) in [6.07, 6.45) is 4.10. The highest BCUT2D eigenvalue weighted by atomic mass is 32.2. The van der Waals surface area contributed by atoms with Gasteiger partial charge in [0, 0.05) is 13.0 Å². The maximum absolute atomic E-state index is 11.4. The molecule has 0 aliphatic heterocycles. The average molecular weight is 247 g/mol. The lowest BCUT2D eigenvalue weighted by molar-refractivity contribution is -0.149. The molecule has 0 aliphatic carbocycles. The summed E-state index contributed by atoms with van der Waals surface area (Å²) in [5, 5.41) is 11.6. The van der Waals surface area contributed by atoms with Crippen LogP contribution in [0.1, 0.15) is 33.1 Å². The fraction of sp³-hybridized carbons (Fsp3) is 0.818. The van der Waals surface area contributed by atoms with Crippen molar-refractivity contribution in [2.24, 2.45) is 5.41 Å². The summed E-state index contributed by atoms with van der Waals surface area (Å²) in [5.74, 6) is -0.0298. The molecular formula is C11H21NO3S. The van der Waals surface area contributed by atoms with E-state index in [2.05, 4.69) is 5.32 Å². The molecule has 2 N–H and O–H groups in total. The summed E-state index contributed by atoms with van der Waals surface area (Å²) < 4.78 is 0. The Morgan fingerprint density at radius 2 is 1.94 bits per heavy atom. The first-order valence-corrected chi connectivity index (χ1v) is 6.78. The molecule has 0 heterocycles. The van der Waals surface area contributed by atoms with Crippen molar-refractivity contribution in [1.29, 1.82) is 0 Å². The van der Waals surface area contributed by atoms with Crippen molar-refractivity contribution in [3.8, 4) is 0 Å². The van der Waals surface area contributed by atoms with Gasteiger partial charge in [0.15, 0.2) is 0 Å². The molecule has 94 valence electrons. The fourth-order valence-corrected chi connectivity index (χ4v) is 1.63. The third-order valence-corrected chi connectivity index (χ3v) is 2.98. The van der Waals surface area contributed by atoms with E-state index >= 15 is 0 Å². The topological polar surface area (TPSA) is 66.4 Å². The summed E-state index contributed by atoms with van der Waals surface area (Å²) in [6.45, 7) is 3.75. The molecule has 0 aliphatic rings. The number of thioether (sulfide) groups is 1. The van der Waals surface area contributed by atoms with Crippen LogP contribution >= 0.6 is 11.8 Å². The Hall–Kier alpha value is -0.710. The Morgan fingerprint density at radius 1 is 1.31 bits per heavy atom. The van der Waals surface area contributed by atoms with Gasteiger partial charge in [-0.25, -0.2) is 0 Å². The predicted octanol–water partition coefficient (Wildman–Crippen LogP) is 1.75. The number of aliphatic carboxylic acids is 1. The zero-order valence-electron chi connectivity index (χ0n) is 10.2. The highest BCUT2D eigenvalue weighted by Gasteiger charge is 2.29. The highest BCUT2D eigenvalue weighted by Crippen LogP contribution is 2.19. The normalized spacial score (nSPS) is 11.2. The van der Waals surface area contributed by atoms with Crippen LogP contribution in [0.5, 0.6) is 0 Å². The number of nitrogens with one attached hydrogen (secondary N) is 1. The second-order valence-corrected chi connectivity index (χ2v) is 5.40. The molecule has 0 saturated carbocycles. The summed E-state index contributed by atoms with van der Waals surface area (Å²) in [6, 6.07) is 0.